The van der Waals surface area contributed by atoms with Crippen LogP contribution >= 0.6 is 0 Å². The third-order valence-electron chi connectivity index (χ3n) is 3.72. The Morgan fingerprint density at radius 2 is 2.39 bits per heavy atom. The number of nitrogens with zero attached hydrogens (tertiary/aromatic N) is 2. The van der Waals surface area contributed by atoms with Crippen LogP contribution in [0.5, 0.6) is 0 Å². The molecule has 18 heavy (non-hydrogen) atoms. The number of nitrogens with one attached hydrogen (secondary N) is 1. The predicted octanol–water partition coefficient (Wildman–Crippen LogP) is 0.756. The van der Waals surface area contributed by atoms with Gasteiger partial charge in [0.1, 0.15) is 0 Å². The van der Waals surface area contributed by atoms with Gasteiger partial charge in [-0.15, -0.1) is 0 Å². The molecule has 0 bridgehead atoms. The summed E-state index contributed by atoms with van der Waals surface area (Å²) < 4.78 is 5.14. The normalized spacial score (nSPS) is 25.1. The van der Waals surface area contributed by atoms with Gasteiger partial charge >= 0.3 is 0 Å². The predicted molar refractivity (Wildman–Crippen MR) is 66.4 cm³/mol. The molecule has 0 aromatic carbocycles. The highest BCUT2D eigenvalue weighted by molar-refractivity contribution is 5.91. The number of hydrogen-bond acceptors (Lipinski definition) is 5. The number of amides is 1. The third kappa shape index (κ3) is 2.88. The van der Waals surface area contributed by atoms with Crippen molar-refractivity contribution in [2.45, 2.75) is 26.8 Å². The molecule has 3 N–H and O–H groups in total. The van der Waals surface area contributed by atoms with Crippen LogP contribution in [0.4, 0.5) is 0 Å². The number of aromatic nitrogens is 1. The van der Waals surface area contributed by atoms with Crippen LogP contribution in [0.3, 0.4) is 0 Å². The summed E-state index contributed by atoms with van der Waals surface area (Å²) >= 11 is 0. The van der Waals surface area contributed by atoms with Crippen LogP contribution in [-0.4, -0.2) is 29.1 Å². The molecule has 0 aliphatic carbocycles. The zero-order valence-electron chi connectivity index (χ0n) is 10.8. The van der Waals surface area contributed by atoms with Crippen molar-refractivity contribution in [3.05, 3.63) is 17.5 Å². The fourth-order valence-corrected chi connectivity index (χ4v) is 2.28. The van der Waals surface area contributed by atoms with E-state index in [4.69, 9.17) is 10.4 Å². The molecule has 6 heteroatoms. The summed E-state index contributed by atoms with van der Waals surface area (Å²) in [4.78, 5) is 13.6. The van der Waals surface area contributed by atoms with E-state index in [9.17, 15) is 4.79 Å². The van der Waals surface area contributed by atoms with Crippen molar-refractivity contribution in [1.29, 1.82) is 0 Å². The molecular formula is C12H20N4O2. The Hall–Kier alpha value is -1.40. The summed E-state index contributed by atoms with van der Waals surface area (Å²) in [6, 6.07) is 1.64. The maximum atomic E-state index is 11.2. The van der Waals surface area contributed by atoms with Crippen LogP contribution in [0.15, 0.2) is 10.6 Å². The van der Waals surface area contributed by atoms with Crippen molar-refractivity contribution in [3.63, 3.8) is 0 Å². The van der Waals surface area contributed by atoms with E-state index < -0.39 is 5.91 Å². The summed E-state index contributed by atoms with van der Waals surface area (Å²) in [6.07, 6.45) is 1.20. The van der Waals surface area contributed by atoms with Gasteiger partial charge in [0, 0.05) is 12.6 Å². The van der Waals surface area contributed by atoms with Crippen LogP contribution in [0, 0.1) is 11.8 Å². The quantitative estimate of drug-likeness (QED) is 0.471. The number of nitrogen functional groups attached to an aromatic ring is 1. The highest BCUT2D eigenvalue weighted by Gasteiger charge is 2.23. The Balaban J connectivity index is 1.93. The van der Waals surface area contributed by atoms with E-state index in [1.54, 1.807) is 6.07 Å². The van der Waals surface area contributed by atoms with Crippen molar-refractivity contribution in [1.82, 2.24) is 15.5 Å². The molecule has 6 nitrogen and oxygen atoms in total. The maximum Gasteiger partial charge on any atom is 0.287 e. The van der Waals surface area contributed by atoms with Crippen molar-refractivity contribution in [2.24, 2.45) is 17.7 Å². The Morgan fingerprint density at radius 1 is 1.61 bits per heavy atom. The second kappa shape index (κ2) is 5.49. The third-order valence-corrected chi connectivity index (χ3v) is 3.72. The van der Waals surface area contributed by atoms with Gasteiger partial charge in [-0.2, -0.15) is 0 Å². The minimum Gasteiger partial charge on any atom is -0.359 e. The molecule has 1 aliphatic rings. The molecule has 2 unspecified atom stereocenters. The zero-order chi connectivity index (χ0) is 13.1. The molecule has 0 radical (unpaired) electrons. The molecule has 2 rings (SSSR count). The van der Waals surface area contributed by atoms with E-state index in [0.717, 1.165) is 19.0 Å². The average Bonchev–Trinajstić information content (AvgIpc) is 2.81. The molecule has 0 spiro atoms. The second-order valence-electron chi connectivity index (χ2n) is 5.13. The number of nitrogens with two attached hydrogens (primary N) is 1. The summed E-state index contributed by atoms with van der Waals surface area (Å²) in [5, 5.41) is 3.69. The number of hydrazine groups is 1. The van der Waals surface area contributed by atoms with Gasteiger partial charge in [-0.05, 0) is 24.8 Å². The van der Waals surface area contributed by atoms with Gasteiger partial charge in [-0.25, -0.2) is 5.84 Å². The number of likely N-dealkylation sites (tertiary alicyclic amines) is 1. The lowest BCUT2D eigenvalue weighted by atomic mass is 9.89. The highest BCUT2D eigenvalue weighted by Crippen LogP contribution is 2.23. The fourth-order valence-electron chi connectivity index (χ4n) is 2.28. The van der Waals surface area contributed by atoms with E-state index in [0.29, 0.717) is 18.2 Å². The van der Waals surface area contributed by atoms with Crippen molar-refractivity contribution in [2.75, 3.05) is 13.1 Å². The van der Waals surface area contributed by atoms with E-state index in [-0.39, 0.29) is 5.69 Å². The van der Waals surface area contributed by atoms with Crippen molar-refractivity contribution in [3.8, 4) is 0 Å². The van der Waals surface area contributed by atoms with Gasteiger partial charge in [-0.1, -0.05) is 19.0 Å². The standard InChI is InChI=1S/C12H20N4O2/c1-8-3-4-16(6-9(8)2)7-10-5-11(15-18-10)12(17)14-13/h5,8-9H,3-4,6-7,13H2,1-2H3,(H,14,17). The first-order valence-corrected chi connectivity index (χ1v) is 6.29. The van der Waals surface area contributed by atoms with Crippen LogP contribution in [0.2, 0.25) is 0 Å². The largest absolute Gasteiger partial charge is 0.359 e. The number of rotatable bonds is 3. The van der Waals surface area contributed by atoms with E-state index >= 15 is 0 Å². The summed E-state index contributed by atoms with van der Waals surface area (Å²) in [5.41, 5.74) is 2.26. The minimum absolute atomic E-state index is 0.228. The summed E-state index contributed by atoms with van der Waals surface area (Å²) in [7, 11) is 0. The summed E-state index contributed by atoms with van der Waals surface area (Å²) in [6.45, 7) is 7.37. The van der Waals surface area contributed by atoms with Crippen molar-refractivity contribution < 1.29 is 9.32 Å². The van der Waals surface area contributed by atoms with Crippen LogP contribution in [0.1, 0.15) is 36.5 Å². The Kier molecular flexibility index (Phi) is 3.98. The number of carbonyl (C=O) groups is 1. The maximum absolute atomic E-state index is 11.2. The highest BCUT2D eigenvalue weighted by atomic mass is 16.5. The van der Waals surface area contributed by atoms with Gasteiger partial charge in [0.25, 0.3) is 5.91 Å². The van der Waals surface area contributed by atoms with Gasteiger partial charge < -0.3 is 4.52 Å². The van der Waals surface area contributed by atoms with Crippen LogP contribution < -0.4 is 11.3 Å². The van der Waals surface area contributed by atoms with Crippen molar-refractivity contribution >= 4 is 5.91 Å². The summed E-state index contributed by atoms with van der Waals surface area (Å²) in [5.74, 6) is 6.78. The van der Waals surface area contributed by atoms with Gasteiger partial charge in [0.15, 0.2) is 11.5 Å². The molecule has 2 heterocycles. The Bertz CT molecular complexity index is 418. The first kappa shape index (κ1) is 13.0. The molecule has 1 aromatic heterocycles. The number of carbonyl (C=O) groups excluding carboxylic acids is 1. The monoisotopic (exact) mass is 252 g/mol. The second-order valence-corrected chi connectivity index (χ2v) is 5.13. The fraction of sp³-hybridized carbons (Fsp3) is 0.667. The topological polar surface area (TPSA) is 84.4 Å². The Labute approximate surface area is 106 Å². The van der Waals surface area contributed by atoms with E-state index in [1.165, 1.54) is 6.42 Å². The van der Waals surface area contributed by atoms with Crippen LogP contribution in [-0.2, 0) is 6.54 Å². The number of hydrogen-bond donors (Lipinski definition) is 2. The molecule has 1 fully saturated rings. The van der Waals surface area contributed by atoms with Gasteiger partial charge in [-0.3, -0.25) is 15.1 Å². The molecule has 1 saturated heterocycles. The number of piperidine rings is 1. The van der Waals surface area contributed by atoms with Gasteiger partial charge in [0.05, 0.1) is 6.54 Å². The van der Waals surface area contributed by atoms with Gasteiger partial charge in [0.2, 0.25) is 0 Å². The molecule has 100 valence electrons. The molecule has 1 aromatic rings. The lowest BCUT2D eigenvalue weighted by Gasteiger charge is -2.34. The average molecular weight is 252 g/mol. The molecule has 0 saturated carbocycles. The first-order valence-electron chi connectivity index (χ1n) is 6.29. The molecular weight excluding hydrogens is 232 g/mol. The van der Waals surface area contributed by atoms with Crippen LogP contribution in [0.25, 0.3) is 0 Å². The smallest absolute Gasteiger partial charge is 0.287 e. The van der Waals surface area contributed by atoms with E-state index in [2.05, 4.69) is 23.9 Å². The first-order chi connectivity index (χ1) is 8.60. The lowest BCUT2D eigenvalue weighted by molar-refractivity contribution is 0.0944. The lowest BCUT2D eigenvalue weighted by Crippen LogP contribution is -2.37. The SMILES string of the molecule is CC1CCN(Cc2cc(C(=O)NN)no2)CC1C. The molecule has 1 aliphatic heterocycles. The Morgan fingerprint density at radius 3 is 3.06 bits per heavy atom. The molecule has 2 atom stereocenters. The molecule has 1 amide bonds. The zero-order valence-corrected chi connectivity index (χ0v) is 10.8. The minimum atomic E-state index is -0.425. The van der Waals surface area contributed by atoms with E-state index in [1.807, 2.05) is 5.43 Å².